The molecule has 4 nitrogen and oxygen atoms in total. The maximum atomic E-state index is 14.1. The average molecular weight is 350 g/mol. The standard InChI is InChI=1S/C14H8F6N2O2/c15-5-1-6(3-21-2-5)24-7-4-22-13(14(18,19)20)9-8(7)10(16)11(17)12(9)23/h1-4,10-12,23H/t10-,11-,12+/m1/s1. The van der Waals surface area contributed by atoms with Crippen molar-refractivity contribution in [3.8, 4) is 11.5 Å². The van der Waals surface area contributed by atoms with Crippen LogP contribution in [0, 0.1) is 5.82 Å². The average Bonchev–Trinajstić information content (AvgIpc) is 2.72. The van der Waals surface area contributed by atoms with E-state index in [9.17, 15) is 31.4 Å². The molecule has 0 aromatic carbocycles. The van der Waals surface area contributed by atoms with Crippen LogP contribution in [0.4, 0.5) is 26.3 Å². The van der Waals surface area contributed by atoms with E-state index in [4.69, 9.17) is 4.74 Å². The Bertz CT molecular complexity index is 782. The van der Waals surface area contributed by atoms with Gasteiger partial charge in [0.2, 0.25) is 0 Å². The third-order valence-corrected chi connectivity index (χ3v) is 3.45. The van der Waals surface area contributed by atoms with E-state index in [-0.39, 0.29) is 5.75 Å². The minimum absolute atomic E-state index is 0.247. The lowest BCUT2D eigenvalue weighted by Gasteiger charge is -2.16. The summed E-state index contributed by atoms with van der Waals surface area (Å²) in [5.41, 5.74) is -3.43. The molecule has 0 saturated heterocycles. The number of pyridine rings is 2. The summed E-state index contributed by atoms with van der Waals surface area (Å²) < 4.78 is 84.8. The third kappa shape index (κ3) is 2.66. The molecule has 3 atom stereocenters. The molecular formula is C14H8F6N2O2. The van der Waals surface area contributed by atoms with Crippen molar-refractivity contribution in [2.45, 2.75) is 24.6 Å². The summed E-state index contributed by atoms with van der Waals surface area (Å²) in [4.78, 5) is 6.56. The molecule has 1 aliphatic rings. The van der Waals surface area contributed by atoms with Gasteiger partial charge in [0.05, 0.1) is 18.6 Å². The molecule has 1 N–H and O–H groups in total. The van der Waals surface area contributed by atoms with Gasteiger partial charge in [-0.1, -0.05) is 0 Å². The van der Waals surface area contributed by atoms with Gasteiger partial charge in [0, 0.05) is 17.2 Å². The molecule has 1 aliphatic carbocycles. The van der Waals surface area contributed by atoms with Crippen LogP contribution >= 0.6 is 0 Å². The molecule has 128 valence electrons. The van der Waals surface area contributed by atoms with E-state index in [1.807, 2.05) is 0 Å². The van der Waals surface area contributed by atoms with Gasteiger partial charge in [-0.15, -0.1) is 0 Å². The Hall–Kier alpha value is -2.36. The fourth-order valence-corrected chi connectivity index (χ4v) is 2.47. The van der Waals surface area contributed by atoms with Crippen molar-refractivity contribution < 1.29 is 36.2 Å². The molecule has 2 aromatic rings. The second kappa shape index (κ2) is 5.62. The number of hydrogen-bond acceptors (Lipinski definition) is 4. The maximum absolute atomic E-state index is 14.1. The van der Waals surface area contributed by atoms with E-state index in [2.05, 4.69) is 9.97 Å². The molecule has 0 aliphatic heterocycles. The van der Waals surface area contributed by atoms with Crippen LogP contribution < -0.4 is 4.74 Å². The van der Waals surface area contributed by atoms with Crippen LogP contribution in [0.2, 0.25) is 0 Å². The first-order valence-electron chi connectivity index (χ1n) is 6.54. The summed E-state index contributed by atoms with van der Waals surface area (Å²) in [5.74, 6) is -1.61. The van der Waals surface area contributed by atoms with Crippen molar-refractivity contribution in [1.82, 2.24) is 9.97 Å². The van der Waals surface area contributed by atoms with E-state index in [1.165, 1.54) is 0 Å². The van der Waals surface area contributed by atoms with Crippen LogP contribution in [0.3, 0.4) is 0 Å². The number of aliphatic hydroxyl groups excluding tert-OH is 1. The molecular weight excluding hydrogens is 342 g/mol. The topological polar surface area (TPSA) is 55.2 Å². The summed E-state index contributed by atoms with van der Waals surface area (Å²) in [5, 5.41) is 9.62. The maximum Gasteiger partial charge on any atom is 0.433 e. The van der Waals surface area contributed by atoms with Crippen molar-refractivity contribution in [2.24, 2.45) is 0 Å². The highest BCUT2D eigenvalue weighted by Crippen LogP contribution is 2.51. The van der Waals surface area contributed by atoms with Crippen molar-refractivity contribution >= 4 is 0 Å². The zero-order valence-electron chi connectivity index (χ0n) is 11.6. The van der Waals surface area contributed by atoms with Crippen LogP contribution in [-0.4, -0.2) is 21.2 Å². The third-order valence-electron chi connectivity index (χ3n) is 3.45. The van der Waals surface area contributed by atoms with Gasteiger partial charge in [0.25, 0.3) is 0 Å². The second-order valence-corrected chi connectivity index (χ2v) is 5.03. The van der Waals surface area contributed by atoms with Crippen LogP contribution in [0.15, 0.2) is 24.7 Å². The number of hydrogen-bond donors (Lipinski definition) is 1. The number of aliphatic hydroxyl groups is 1. The van der Waals surface area contributed by atoms with Crippen molar-refractivity contribution in [2.75, 3.05) is 0 Å². The molecule has 0 unspecified atom stereocenters. The van der Waals surface area contributed by atoms with Crippen LogP contribution in [0.5, 0.6) is 11.5 Å². The Balaban J connectivity index is 2.13. The molecule has 0 radical (unpaired) electrons. The molecule has 3 rings (SSSR count). The van der Waals surface area contributed by atoms with E-state index < -0.39 is 53.0 Å². The smallest absolute Gasteiger partial charge is 0.433 e. The number of alkyl halides is 5. The zero-order chi connectivity index (χ0) is 17.6. The van der Waals surface area contributed by atoms with Crippen LogP contribution in [-0.2, 0) is 6.18 Å². The summed E-state index contributed by atoms with van der Waals surface area (Å²) in [6.45, 7) is 0. The lowest BCUT2D eigenvalue weighted by molar-refractivity contribution is -0.143. The minimum atomic E-state index is -5.02. The first-order valence-corrected chi connectivity index (χ1v) is 6.54. The fourth-order valence-electron chi connectivity index (χ4n) is 2.47. The number of rotatable bonds is 2. The second-order valence-electron chi connectivity index (χ2n) is 5.03. The SMILES string of the molecule is O[C@H]1c2c(C(F)(F)F)ncc(Oc3cncc(F)c3)c2[C@@H](F)[C@H]1F. The largest absolute Gasteiger partial charge is 0.454 e. The van der Waals surface area contributed by atoms with E-state index >= 15 is 0 Å². The summed E-state index contributed by atoms with van der Waals surface area (Å²) in [7, 11) is 0. The normalized spacial score (nSPS) is 23.2. The molecule has 2 heterocycles. The Morgan fingerprint density at radius 1 is 1.08 bits per heavy atom. The van der Waals surface area contributed by atoms with E-state index in [0.29, 0.717) is 6.20 Å². The number of halogens is 6. The molecule has 0 bridgehead atoms. The molecule has 0 spiro atoms. The fraction of sp³-hybridized carbons (Fsp3) is 0.286. The monoisotopic (exact) mass is 350 g/mol. The Labute approximate surface area is 130 Å². The van der Waals surface area contributed by atoms with Crippen molar-refractivity contribution in [3.63, 3.8) is 0 Å². The van der Waals surface area contributed by atoms with Crippen LogP contribution in [0.1, 0.15) is 29.1 Å². The molecule has 2 aromatic heterocycles. The number of fused-ring (bicyclic) bond motifs is 1. The molecule has 24 heavy (non-hydrogen) atoms. The van der Waals surface area contributed by atoms with E-state index in [1.54, 1.807) is 0 Å². The lowest BCUT2D eigenvalue weighted by Crippen LogP contribution is -2.16. The number of nitrogens with zero attached hydrogens (tertiary/aromatic N) is 2. The van der Waals surface area contributed by atoms with Crippen molar-refractivity contribution in [3.05, 3.63) is 47.3 Å². The molecule has 0 fully saturated rings. The van der Waals surface area contributed by atoms with Gasteiger partial charge < -0.3 is 9.84 Å². The van der Waals surface area contributed by atoms with Gasteiger partial charge in [-0.2, -0.15) is 13.2 Å². The number of aromatic nitrogens is 2. The Kier molecular flexibility index (Phi) is 3.86. The van der Waals surface area contributed by atoms with Gasteiger partial charge >= 0.3 is 6.18 Å². The molecule has 0 saturated carbocycles. The van der Waals surface area contributed by atoms with Crippen LogP contribution in [0.25, 0.3) is 0 Å². The first kappa shape index (κ1) is 16.5. The predicted molar refractivity (Wildman–Crippen MR) is 67.2 cm³/mol. The van der Waals surface area contributed by atoms with Crippen molar-refractivity contribution in [1.29, 1.82) is 0 Å². The summed E-state index contributed by atoms with van der Waals surface area (Å²) in [6, 6.07) is 0.850. The molecule has 0 amide bonds. The quantitative estimate of drug-likeness (QED) is 0.837. The predicted octanol–water partition coefficient (Wildman–Crippen LogP) is 3.82. The van der Waals surface area contributed by atoms with E-state index in [0.717, 1.165) is 18.5 Å². The van der Waals surface area contributed by atoms with Gasteiger partial charge in [-0.05, 0) is 0 Å². The highest BCUT2D eigenvalue weighted by atomic mass is 19.4. The Morgan fingerprint density at radius 3 is 2.42 bits per heavy atom. The van der Waals surface area contributed by atoms with Gasteiger partial charge in [0.1, 0.15) is 17.7 Å². The summed E-state index contributed by atoms with van der Waals surface area (Å²) in [6.07, 6.45) is -10.1. The highest BCUT2D eigenvalue weighted by Gasteiger charge is 2.50. The highest BCUT2D eigenvalue weighted by molar-refractivity contribution is 5.50. The zero-order valence-corrected chi connectivity index (χ0v) is 11.6. The molecule has 10 heteroatoms. The Morgan fingerprint density at radius 2 is 1.79 bits per heavy atom. The number of ether oxygens (including phenoxy) is 1. The van der Waals surface area contributed by atoms with Gasteiger partial charge in [-0.25, -0.2) is 18.2 Å². The minimum Gasteiger partial charge on any atom is -0.454 e. The first-order chi connectivity index (χ1) is 11.2. The van der Waals surface area contributed by atoms with Gasteiger partial charge in [-0.3, -0.25) is 4.98 Å². The summed E-state index contributed by atoms with van der Waals surface area (Å²) >= 11 is 0. The van der Waals surface area contributed by atoms with Gasteiger partial charge in [0.15, 0.2) is 23.8 Å². The lowest BCUT2D eigenvalue weighted by atomic mass is 10.1.